The first-order valence-electron chi connectivity index (χ1n) is 24.0. The van der Waals surface area contributed by atoms with E-state index in [-0.39, 0.29) is 54.0 Å². The van der Waals surface area contributed by atoms with Gasteiger partial charge < -0.3 is 34.9 Å². The van der Waals surface area contributed by atoms with E-state index in [1.54, 1.807) is 42.5 Å². The average Bonchev–Trinajstić information content (AvgIpc) is 3.92. The molecular weight excluding hydrogens is 883 g/mol. The van der Waals surface area contributed by atoms with Crippen LogP contribution in [0.15, 0.2) is 79.0 Å². The van der Waals surface area contributed by atoms with Crippen LogP contribution >= 0.6 is 0 Å². The number of nitrogens with two attached hydrogens (primary N) is 1. The van der Waals surface area contributed by atoms with Crippen LogP contribution in [0, 0.1) is 0 Å². The second-order valence-corrected chi connectivity index (χ2v) is 17.9. The molecule has 0 radical (unpaired) electrons. The van der Waals surface area contributed by atoms with E-state index >= 15 is 0 Å². The molecule has 0 saturated carbocycles. The summed E-state index contributed by atoms with van der Waals surface area (Å²) in [4.78, 5) is 58.7. The summed E-state index contributed by atoms with van der Waals surface area (Å²) in [7, 11) is 0. The summed E-state index contributed by atoms with van der Waals surface area (Å²) in [5, 5.41) is 29.3. The third kappa shape index (κ3) is 11.3. The molecule has 19 nitrogen and oxygen atoms in total. The van der Waals surface area contributed by atoms with Gasteiger partial charge in [-0.1, -0.05) is 36.3 Å². The molecule has 3 saturated heterocycles. The number of piperazine rings is 1. The number of benzene rings is 3. The lowest BCUT2D eigenvalue weighted by atomic mass is 10.0. The zero-order valence-corrected chi connectivity index (χ0v) is 38.7. The number of ether oxygens (including phenoxy) is 3. The molecule has 6 heterocycles. The van der Waals surface area contributed by atoms with Gasteiger partial charge in [0.2, 0.25) is 11.8 Å². The number of para-hydroxylation sites is 1. The van der Waals surface area contributed by atoms with Gasteiger partial charge >= 0.3 is 0 Å². The van der Waals surface area contributed by atoms with Crippen molar-refractivity contribution in [1.29, 1.82) is 0 Å². The van der Waals surface area contributed by atoms with E-state index in [1.807, 2.05) is 16.9 Å². The lowest BCUT2D eigenvalue weighted by molar-refractivity contribution is -0.136. The minimum atomic E-state index is -1.03. The van der Waals surface area contributed by atoms with Crippen molar-refractivity contribution < 1.29 is 38.5 Å². The fraction of sp³-hybridized carbons (Fsp3) is 0.440. The zero-order valence-electron chi connectivity index (χ0n) is 38.7. The summed E-state index contributed by atoms with van der Waals surface area (Å²) < 4.78 is 20.2. The molecular formula is C50H59N11O8. The van der Waals surface area contributed by atoms with E-state index in [1.165, 1.54) is 11.4 Å². The van der Waals surface area contributed by atoms with Crippen molar-refractivity contribution in [1.82, 2.24) is 40.3 Å². The van der Waals surface area contributed by atoms with Crippen LogP contribution in [0.4, 0.5) is 17.2 Å². The topological polar surface area (TPSA) is 224 Å². The predicted octanol–water partition coefficient (Wildman–Crippen LogP) is 4.49. The van der Waals surface area contributed by atoms with Gasteiger partial charge in [-0.3, -0.25) is 39.0 Å². The van der Waals surface area contributed by atoms with Crippen molar-refractivity contribution in [3.63, 3.8) is 0 Å². The Kier molecular flexibility index (Phi) is 14.9. The Labute approximate surface area is 400 Å². The van der Waals surface area contributed by atoms with E-state index in [9.17, 15) is 24.3 Å². The molecule has 0 spiro atoms. The van der Waals surface area contributed by atoms with Gasteiger partial charge in [0, 0.05) is 94.5 Å². The number of nitrogens with zero attached hydrogens (tertiary/aromatic N) is 9. The monoisotopic (exact) mass is 941 g/mol. The molecule has 3 aromatic carbocycles. The summed E-state index contributed by atoms with van der Waals surface area (Å²) in [6.45, 7) is 9.00. The van der Waals surface area contributed by atoms with Gasteiger partial charge in [0.25, 0.3) is 11.8 Å². The van der Waals surface area contributed by atoms with E-state index in [4.69, 9.17) is 19.9 Å². The molecule has 69 heavy (non-hydrogen) atoms. The second-order valence-electron chi connectivity index (χ2n) is 17.9. The normalized spacial score (nSPS) is 18.7. The standard InChI is InChI=1S/C50H59N11O8/c51-47-44(31-40(54-55-47)38-10-3-4-12-42(38)62)69-37-9-8-21-59(33-37)36-16-14-35(15-17-36)58-25-23-57(24-26-58)27-30-67-28-6-2-1-5-22-60-32-34(53-56-60)20-29-68-43-13-7-11-39-46(43)50(66)61(49(39)65)41-18-19-45(63)52-48(41)64/h3-4,7,10-17,31-32,37,41,62H,1-2,5-6,8-9,18-30,33H2,(H2,51,55)(H,52,63,64)/t37-,41?/m0/s1. The highest BCUT2D eigenvalue weighted by molar-refractivity contribution is 6.24. The van der Waals surface area contributed by atoms with Crippen LogP contribution in [0.25, 0.3) is 11.3 Å². The summed E-state index contributed by atoms with van der Waals surface area (Å²) in [6.07, 6.45) is 8.46. The molecule has 4 aliphatic heterocycles. The van der Waals surface area contributed by atoms with E-state index < -0.39 is 29.7 Å². The molecule has 1 unspecified atom stereocenters. The third-order valence-electron chi connectivity index (χ3n) is 13.2. The summed E-state index contributed by atoms with van der Waals surface area (Å²) in [6, 6.07) is 21.4. The second kappa shape index (κ2) is 21.9. The van der Waals surface area contributed by atoms with Crippen molar-refractivity contribution in [2.45, 2.75) is 76.5 Å². The number of unbranched alkanes of at least 4 members (excludes halogenated alkanes) is 3. The highest BCUT2D eigenvalue weighted by atomic mass is 16.5. The van der Waals surface area contributed by atoms with Crippen molar-refractivity contribution in [2.24, 2.45) is 0 Å². The molecule has 4 aliphatic rings. The van der Waals surface area contributed by atoms with Gasteiger partial charge in [-0.05, 0) is 80.6 Å². The largest absolute Gasteiger partial charge is 0.507 e. The molecule has 9 rings (SSSR count). The van der Waals surface area contributed by atoms with Crippen LogP contribution < -0.4 is 30.3 Å². The van der Waals surface area contributed by atoms with Crippen molar-refractivity contribution >= 4 is 40.8 Å². The maximum atomic E-state index is 13.3. The third-order valence-corrected chi connectivity index (χ3v) is 13.2. The Balaban J connectivity index is 0.617. The first-order valence-corrected chi connectivity index (χ1v) is 24.0. The number of phenols is 1. The Hall–Kier alpha value is -7.12. The number of phenolic OH excluding ortho intramolecular Hbond substituents is 1. The number of nitrogen functional groups attached to an aromatic ring is 1. The number of anilines is 3. The molecule has 0 aliphatic carbocycles. The molecule has 362 valence electrons. The molecule has 2 atom stereocenters. The minimum Gasteiger partial charge on any atom is -0.507 e. The number of aromatic nitrogens is 5. The van der Waals surface area contributed by atoms with Gasteiger partial charge in [0.1, 0.15) is 29.3 Å². The number of aryl methyl sites for hydroxylation is 1. The van der Waals surface area contributed by atoms with Gasteiger partial charge in [-0.25, -0.2) is 0 Å². The maximum Gasteiger partial charge on any atom is 0.266 e. The number of carbonyl (C=O) groups excluding carboxylic acids is 4. The predicted molar refractivity (Wildman–Crippen MR) is 256 cm³/mol. The van der Waals surface area contributed by atoms with Crippen LogP contribution in [-0.2, 0) is 27.3 Å². The molecule has 0 bridgehead atoms. The average molecular weight is 942 g/mol. The quantitative estimate of drug-likeness (QED) is 0.0722. The maximum absolute atomic E-state index is 13.3. The Morgan fingerprint density at radius 3 is 2.33 bits per heavy atom. The van der Waals surface area contributed by atoms with E-state index in [2.05, 4.69) is 64.8 Å². The van der Waals surface area contributed by atoms with Crippen molar-refractivity contribution in [3.05, 3.63) is 95.8 Å². The fourth-order valence-corrected chi connectivity index (χ4v) is 9.41. The summed E-state index contributed by atoms with van der Waals surface area (Å²) in [5.74, 6) is -1.14. The minimum absolute atomic E-state index is 0.0566. The van der Waals surface area contributed by atoms with Crippen LogP contribution in [0.2, 0.25) is 0 Å². The molecule has 3 fully saturated rings. The number of nitrogens with one attached hydrogen (secondary N) is 1. The van der Waals surface area contributed by atoms with Crippen molar-refractivity contribution in [2.75, 3.05) is 81.2 Å². The van der Waals surface area contributed by atoms with Crippen LogP contribution in [0.5, 0.6) is 17.2 Å². The summed E-state index contributed by atoms with van der Waals surface area (Å²) in [5.41, 5.74) is 10.7. The SMILES string of the molecule is Nc1nnc(-c2ccccc2O)cc1O[C@H]1CCCN(c2ccc(N3CCN(CCOCCCCCCn4cc(CCOc5cccc6c5C(=O)N(C5CCC(=O)NC5=O)C6=O)nn4)CC3)cc2)C1. The molecule has 4 amide bonds. The fourth-order valence-electron chi connectivity index (χ4n) is 9.41. The molecule has 19 heteroatoms. The van der Waals surface area contributed by atoms with E-state index in [0.29, 0.717) is 23.4 Å². The lowest BCUT2D eigenvalue weighted by Gasteiger charge is -2.37. The smallest absolute Gasteiger partial charge is 0.266 e. The number of imide groups is 2. The lowest BCUT2D eigenvalue weighted by Crippen LogP contribution is -2.54. The van der Waals surface area contributed by atoms with Crippen LogP contribution in [0.1, 0.15) is 77.8 Å². The number of amides is 4. The van der Waals surface area contributed by atoms with E-state index in [0.717, 1.165) is 115 Å². The Morgan fingerprint density at radius 1 is 0.739 bits per heavy atom. The number of rotatable bonds is 20. The van der Waals surface area contributed by atoms with Gasteiger partial charge in [0.15, 0.2) is 11.6 Å². The number of hydrogen-bond donors (Lipinski definition) is 3. The Bertz CT molecular complexity index is 2620. The van der Waals surface area contributed by atoms with Gasteiger partial charge in [-0.2, -0.15) is 0 Å². The Morgan fingerprint density at radius 2 is 1.52 bits per heavy atom. The number of carbonyl (C=O) groups is 4. The molecule has 4 N–H and O–H groups in total. The first-order chi connectivity index (χ1) is 33.7. The number of fused-ring (bicyclic) bond motifs is 1. The van der Waals surface area contributed by atoms with Gasteiger partial charge in [0.05, 0.1) is 36.6 Å². The first kappa shape index (κ1) is 47.0. The highest BCUT2D eigenvalue weighted by Crippen LogP contribution is 2.35. The van der Waals surface area contributed by atoms with Crippen molar-refractivity contribution in [3.8, 4) is 28.5 Å². The van der Waals surface area contributed by atoms with Crippen LogP contribution in [0.3, 0.4) is 0 Å². The summed E-state index contributed by atoms with van der Waals surface area (Å²) >= 11 is 0. The van der Waals surface area contributed by atoms with Crippen LogP contribution in [-0.4, -0.2) is 142 Å². The number of hydrogen-bond acceptors (Lipinski definition) is 16. The molecule has 5 aromatic rings. The highest BCUT2D eigenvalue weighted by Gasteiger charge is 2.46. The van der Waals surface area contributed by atoms with Gasteiger partial charge in [-0.15, -0.1) is 15.3 Å². The number of piperidine rings is 2. The molecule has 2 aromatic heterocycles. The zero-order chi connectivity index (χ0) is 47.7. The number of aromatic hydroxyl groups is 1.